The molecule has 3 nitrogen and oxygen atoms in total. The van der Waals surface area contributed by atoms with Gasteiger partial charge < -0.3 is 10.6 Å². The third-order valence-corrected chi connectivity index (χ3v) is 4.00. The molecule has 1 aliphatic rings. The van der Waals surface area contributed by atoms with Crippen molar-refractivity contribution in [2.24, 2.45) is 11.7 Å². The third-order valence-electron chi connectivity index (χ3n) is 4.00. The number of benzene rings is 1. The number of carbonyl (C=O) groups is 1. The van der Waals surface area contributed by atoms with Crippen LogP contribution in [0.4, 0.5) is 0 Å². The molecule has 0 radical (unpaired) electrons. The fourth-order valence-corrected chi connectivity index (χ4v) is 2.75. The largest absolute Gasteiger partial charge is 0.341 e. The van der Waals surface area contributed by atoms with Crippen LogP contribution in [0.25, 0.3) is 0 Å². The number of rotatable bonds is 4. The highest BCUT2D eigenvalue weighted by Gasteiger charge is 2.24. The van der Waals surface area contributed by atoms with Crippen LogP contribution >= 0.6 is 0 Å². The Morgan fingerprint density at radius 3 is 2.53 bits per heavy atom. The highest BCUT2D eigenvalue weighted by Crippen LogP contribution is 2.22. The number of carbonyl (C=O) groups excluding carboxylic acids is 1. The van der Waals surface area contributed by atoms with Crippen LogP contribution in [0.3, 0.4) is 0 Å². The van der Waals surface area contributed by atoms with E-state index >= 15 is 0 Å². The van der Waals surface area contributed by atoms with Gasteiger partial charge in [0.15, 0.2) is 0 Å². The lowest BCUT2D eigenvalue weighted by Crippen LogP contribution is -2.45. The number of likely N-dealkylation sites (tertiary alicyclic amines) is 1. The SMILES string of the molecule is C[C@@H](N)C(=O)N1CCC(CCc2ccccc2)CC1. The summed E-state index contributed by atoms with van der Waals surface area (Å²) < 4.78 is 0. The van der Waals surface area contributed by atoms with Gasteiger partial charge in [0.05, 0.1) is 6.04 Å². The van der Waals surface area contributed by atoms with Crippen LogP contribution in [0.15, 0.2) is 30.3 Å². The molecule has 1 aromatic carbocycles. The van der Waals surface area contributed by atoms with Crippen molar-refractivity contribution in [3.8, 4) is 0 Å². The minimum absolute atomic E-state index is 0.0986. The van der Waals surface area contributed by atoms with Gasteiger partial charge in [0.2, 0.25) is 5.91 Å². The third kappa shape index (κ3) is 4.06. The number of piperidine rings is 1. The molecule has 2 N–H and O–H groups in total. The van der Waals surface area contributed by atoms with Gasteiger partial charge >= 0.3 is 0 Å². The summed E-state index contributed by atoms with van der Waals surface area (Å²) in [4.78, 5) is 13.7. The zero-order valence-electron chi connectivity index (χ0n) is 11.7. The maximum Gasteiger partial charge on any atom is 0.239 e. The summed E-state index contributed by atoms with van der Waals surface area (Å²) in [6, 6.07) is 10.3. The first kappa shape index (κ1) is 14.1. The second-order valence-corrected chi connectivity index (χ2v) is 5.58. The van der Waals surface area contributed by atoms with E-state index in [0.29, 0.717) is 0 Å². The highest BCUT2D eigenvalue weighted by molar-refractivity contribution is 5.81. The average Bonchev–Trinajstić information content (AvgIpc) is 2.46. The molecule has 0 aromatic heterocycles. The molecule has 1 aromatic rings. The molecular weight excluding hydrogens is 236 g/mol. The van der Waals surface area contributed by atoms with E-state index in [1.54, 1.807) is 6.92 Å². The van der Waals surface area contributed by atoms with Crippen LogP contribution in [0.2, 0.25) is 0 Å². The molecular formula is C16H24N2O. The highest BCUT2D eigenvalue weighted by atomic mass is 16.2. The van der Waals surface area contributed by atoms with Crippen molar-refractivity contribution < 1.29 is 4.79 Å². The van der Waals surface area contributed by atoms with E-state index in [1.807, 2.05) is 4.90 Å². The lowest BCUT2D eigenvalue weighted by atomic mass is 9.90. The van der Waals surface area contributed by atoms with Gasteiger partial charge in [0.25, 0.3) is 0 Å². The molecule has 1 saturated heterocycles. The summed E-state index contributed by atoms with van der Waals surface area (Å²) in [6.45, 7) is 3.52. The minimum atomic E-state index is -0.360. The van der Waals surface area contributed by atoms with Crippen LogP contribution in [0.5, 0.6) is 0 Å². The zero-order valence-corrected chi connectivity index (χ0v) is 11.7. The van der Waals surface area contributed by atoms with Crippen molar-refractivity contribution in [3.63, 3.8) is 0 Å². The topological polar surface area (TPSA) is 46.3 Å². The zero-order chi connectivity index (χ0) is 13.7. The van der Waals surface area contributed by atoms with E-state index in [0.717, 1.165) is 38.3 Å². The Balaban J connectivity index is 1.73. The first-order chi connectivity index (χ1) is 9.16. The van der Waals surface area contributed by atoms with Gasteiger partial charge in [-0.25, -0.2) is 0 Å². The summed E-state index contributed by atoms with van der Waals surface area (Å²) in [5.41, 5.74) is 7.06. The molecule has 0 aliphatic carbocycles. The first-order valence-corrected chi connectivity index (χ1v) is 7.25. The van der Waals surface area contributed by atoms with Crippen LogP contribution in [0, 0.1) is 5.92 Å². The van der Waals surface area contributed by atoms with Crippen molar-refractivity contribution in [2.75, 3.05) is 13.1 Å². The standard InChI is InChI=1S/C16H24N2O/c1-13(17)16(19)18-11-9-15(10-12-18)8-7-14-5-3-2-4-6-14/h2-6,13,15H,7-12,17H2,1H3/t13-/m1/s1. The Morgan fingerprint density at radius 1 is 1.32 bits per heavy atom. The number of aryl methyl sites for hydroxylation is 1. The molecule has 0 unspecified atom stereocenters. The molecule has 1 aliphatic heterocycles. The second kappa shape index (κ2) is 6.71. The van der Waals surface area contributed by atoms with Gasteiger partial charge in [-0.3, -0.25) is 4.79 Å². The van der Waals surface area contributed by atoms with Gasteiger partial charge in [0.1, 0.15) is 0 Å². The quantitative estimate of drug-likeness (QED) is 0.902. The van der Waals surface area contributed by atoms with E-state index in [1.165, 1.54) is 12.0 Å². The fourth-order valence-electron chi connectivity index (χ4n) is 2.75. The van der Waals surface area contributed by atoms with Crippen LogP contribution in [-0.4, -0.2) is 29.9 Å². The number of amides is 1. The van der Waals surface area contributed by atoms with E-state index in [4.69, 9.17) is 5.73 Å². The smallest absolute Gasteiger partial charge is 0.239 e. The maximum atomic E-state index is 11.8. The van der Waals surface area contributed by atoms with Crippen molar-refractivity contribution in [1.29, 1.82) is 0 Å². The van der Waals surface area contributed by atoms with Crippen molar-refractivity contribution >= 4 is 5.91 Å². The van der Waals surface area contributed by atoms with Crippen molar-refractivity contribution in [3.05, 3.63) is 35.9 Å². The fraction of sp³-hybridized carbons (Fsp3) is 0.562. The molecule has 3 heteroatoms. The summed E-state index contributed by atoms with van der Waals surface area (Å²) in [6.07, 6.45) is 4.60. The Morgan fingerprint density at radius 2 is 1.95 bits per heavy atom. The molecule has 2 rings (SSSR count). The van der Waals surface area contributed by atoms with Crippen molar-refractivity contribution in [2.45, 2.75) is 38.6 Å². The van der Waals surface area contributed by atoms with Gasteiger partial charge in [0, 0.05) is 13.1 Å². The predicted octanol–water partition coefficient (Wildman–Crippen LogP) is 2.21. The molecule has 0 spiro atoms. The average molecular weight is 260 g/mol. The van der Waals surface area contributed by atoms with Gasteiger partial charge in [-0.05, 0) is 44.1 Å². The lowest BCUT2D eigenvalue weighted by Gasteiger charge is -2.33. The van der Waals surface area contributed by atoms with Gasteiger partial charge in [-0.2, -0.15) is 0 Å². The maximum absolute atomic E-state index is 11.8. The summed E-state index contributed by atoms with van der Waals surface area (Å²) in [7, 11) is 0. The van der Waals surface area contributed by atoms with E-state index < -0.39 is 0 Å². The van der Waals surface area contributed by atoms with Gasteiger partial charge in [-0.1, -0.05) is 30.3 Å². The molecule has 1 fully saturated rings. The molecule has 1 atom stereocenters. The van der Waals surface area contributed by atoms with E-state index in [9.17, 15) is 4.79 Å². The predicted molar refractivity (Wildman–Crippen MR) is 77.7 cm³/mol. The molecule has 0 bridgehead atoms. The molecule has 104 valence electrons. The van der Waals surface area contributed by atoms with E-state index in [2.05, 4.69) is 30.3 Å². The number of nitrogens with two attached hydrogens (primary N) is 1. The molecule has 1 amide bonds. The van der Waals surface area contributed by atoms with Crippen LogP contribution in [0.1, 0.15) is 31.7 Å². The number of hydrogen-bond donors (Lipinski definition) is 1. The summed E-state index contributed by atoms with van der Waals surface area (Å²) in [5, 5.41) is 0. The number of hydrogen-bond acceptors (Lipinski definition) is 2. The van der Waals surface area contributed by atoms with Crippen molar-refractivity contribution in [1.82, 2.24) is 4.90 Å². The molecule has 19 heavy (non-hydrogen) atoms. The monoisotopic (exact) mass is 260 g/mol. The number of nitrogens with zero attached hydrogens (tertiary/aromatic N) is 1. The summed E-state index contributed by atoms with van der Waals surface area (Å²) >= 11 is 0. The Bertz CT molecular complexity index is 394. The normalized spacial score (nSPS) is 18.3. The second-order valence-electron chi connectivity index (χ2n) is 5.58. The Kier molecular flexibility index (Phi) is 4.97. The Labute approximate surface area is 115 Å². The van der Waals surface area contributed by atoms with E-state index in [-0.39, 0.29) is 11.9 Å². The van der Waals surface area contributed by atoms with Gasteiger partial charge in [-0.15, -0.1) is 0 Å². The molecule has 0 saturated carbocycles. The molecule has 1 heterocycles. The minimum Gasteiger partial charge on any atom is -0.341 e. The summed E-state index contributed by atoms with van der Waals surface area (Å²) in [5.74, 6) is 0.846. The van der Waals surface area contributed by atoms with Crippen LogP contribution < -0.4 is 5.73 Å². The first-order valence-electron chi connectivity index (χ1n) is 7.25. The van der Waals surface area contributed by atoms with Crippen LogP contribution in [-0.2, 0) is 11.2 Å². The lowest BCUT2D eigenvalue weighted by molar-refractivity contribution is -0.133. The Hall–Kier alpha value is -1.35.